The van der Waals surface area contributed by atoms with Gasteiger partial charge in [-0.25, -0.2) is 13.2 Å². The molecular formula is C16H19N5O4S. The summed E-state index contributed by atoms with van der Waals surface area (Å²) < 4.78 is 27.5. The summed E-state index contributed by atoms with van der Waals surface area (Å²) in [5, 5.41) is 2.37. The Labute approximate surface area is 150 Å². The van der Waals surface area contributed by atoms with Gasteiger partial charge in [0.25, 0.3) is 15.9 Å². The summed E-state index contributed by atoms with van der Waals surface area (Å²) in [5.41, 5.74) is 5.89. The third-order valence-electron chi connectivity index (χ3n) is 3.97. The van der Waals surface area contributed by atoms with Crippen LogP contribution in [0.25, 0.3) is 0 Å². The van der Waals surface area contributed by atoms with Gasteiger partial charge in [-0.3, -0.25) is 9.52 Å². The van der Waals surface area contributed by atoms with Crippen LogP contribution in [0.15, 0.2) is 41.4 Å². The van der Waals surface area contributed by atoms with Gasteiger partial charge in [0, 0.05) is 25.0 Å². The minimum absolute atomic E-state index is 0.0479. The van der Waals surface area contributed by atoms with E-state index in [1.165, 1.54) is 24.4 Å². The molecule has 9 nitrogen and oxygen atoms in total. The molecule has 138 valence electrons. The minimum atomic E-state index is -3.89. The third kappa shape index (κ3) is 3.97. The average molecular weight is 377 g/mol. The molecule has 1 saturated heterocycles. The zero-order valence-corrected chi connectivity index (χ0v) is 14.7. The van der Waals surface area contributed by atoms with E-state index in [-0.39, 0.29) is 22.2 Å². The van der Waals surface area contributed by atoms with Crippen LogP contribution >= 0.6 is 0 Å². The first-order valence-electron chi connectivity index (χ1n) is 8.02. The van der Waals surface area contributed by atoms with Crippen molar-refractivity contribution < 1.29 is 18.0 Å². The first-order chi connectivity index (χ1) is 12.3. The number of primary amides is 1. The van der Waals surface area contributed by atoms with Gasteiger partial charge in [0.05, 0.1) is 5.69 Å². The van der Waals surface area contributed by atoms with Crippen molar-refractivity contribution in [3.8, 4) is 0 Å². The van der Waals surface area contributed by atoms with Crippen molar-refractivity contribution in [3.63, 3.8) is 0 Å². The van der Waals surface area contributed by atoms with Crippen LogP contribution in [-0.4, -0.2) is 43.3 Å². The number of aromatic nitrogens is 1. The maximum Gasteiger partial charge on any atom is 0.316 e. The maximum atomic E-state index is 12.5. The second-order valence-electron chi connectivity index (χ2n) is 5.92. The second kappa shape index (κ2) is 7.08. The Kier molecular flexibility index (Phi) is 4.85. The number of aromatic amines is 1. The zero-order chi connectivity index (χ0) is 18.7. The summed E-state index contributed by atoms with van der Waals surface area (Å²) in [7, 11) is -3.89. The van der Waals surface area contributed by atoms with E-state index in [1.54, 1.807) is 17.0 Å². The van der Waals surface area contributed by atoms with E-state index in [1.807, 2.05) is 0 Å². The van der Waals surface area contributed by atoms with Crippen molar-refractivity contribution in [3.05, 3.63) is 42.2 Å². The normalized spacial score (nSPS) is 14.2. The van der Waals surface area contributed by atoms with Crippen LogP contribution in [0.2, 0.25) is 0 Å². The highest BCUT2D eigenvalue weighted by Crippen LogP contribution is 2.21. The fraction of sp³-hybridized carbons (Fsp3) is 0.250. The number of sulfonamides is 1. The number of likely N-dealkylation sites (tertiary alicyclic amines) is 1. The number of urea groups is 1. The Bertz CT molecular complexity index is 932. The Morgan fingerprint density at radius 3 is 2.50 bits per heavy atom. The largest absolute Gasteiger partial charge is 0.356 e. The molecule has 0 saturated carbocycles. The summed E-state index contributed by atoms with van der Waals surface area (Å²) in [6, 6.07) is 6.68. The van der Waals surface area contributed by atoms with E-state index in [0.717, 1.165) is 12.8 Å². The molecule has 3 rings (SSSR count). The lowest BCUT2D eigenvalue weighted by atomic mass is 10.3. The van der Waals surface area contributed by atoms with Crippen molar-refractivity contribution >= 4 is 33.3 Å². The SMILES string of the molecule is NC(=O)Nc1cccc(NS(=O)(=O)c2c[nH]c(C(=O)N3CCCC3)c2)c1. The van der Waals surface area contributed by atoms with E-state index in [4.69, 9.17) is 5.73 Å². The standard InChI is InChI=1S/C16H19N5O4S/c17-16(23)19-11-4-3-5-12(8-11)20-26(24,25)13-9-14(18-10-13)15(22)21-6-1-2-7-21/h3-5,8-10,18,20H,1-2,6-7H2,(H3,17,19,23). The molecule has 2 aromatic rings. The van der Waals surface area contributed by atoms with E-state index in [9.17, 15) is 18.0 Å². The van der Waals surface area contributed by atoms with Crippen LogP contribution < -0.4 is 15.8 Å². The molecule has 26 heavy (non-hydrogen) atoms. The van der Waals surface area contributed by atoms with Gasteiger partial charge < -0.3 is 20.9 Å². The molecular weight excluding hydrogens is 358 g/mol. The van der Waals surface area contributed by atoms with Crippen LogP contribution in [0.4, 0.5) is 16.2 Å². The number of nitrogens with one attached hydrogen (secondary N) is 3. The number of carbonyl (C=O) groups is 2. The number of nitrogens with zero attached hydrogens (tertiary/aromatic N) is 1. The number of nitrogens with two attached hydrogens (primary N) is 1. The summed E-state index contributed by atoms with van der Waals surface area (Å²) in [4.78, 5) is 27.6. The average Bonchev–Trinajstić information content (AvgIpc) is 3.26. The van der Waals surface area contributed by atoms with Gasteiger partial charge in [-0.2, -0.15) is 0 Å². The molecule has 1 aromatic heterocycles. The number of hydrogen-bond donors (Lipinski definition) is 4. The molecule has 0 radical (unpaired) electrons. The molecule has 10 heteroatoms. The molecule has 0 unspecified atom stereocenters. The lowest BCUT2D eigenvalue weighted by Crippen LogP contribution is -2.27. The van der Waals surface area contributed by atoms with Crippen molar-refractivity contribution in [1.82, 2.24) is 9.88 Å². The fourth-order valence-electron chi connectivity index (χ4n) is 2.76. The van der Waals surface area contributed by atoms with Crippen LogP contribution in [0.3, 0.4) is 0 Å². The molecule has 1 aliphatic heterocycles. The van der Waals surface area contributed by atoms with Crippen LogP contribution in [0.5, 0.6) is 0 Å². The number of rotatable bonds is 5. The molecule has 5 N–H and O–H groups in total. The Morgan fingerprint density at radius 1 is 1.12 bits per heavy atom. The summed E-state index contributed by atoms with van der Waals surface area (Å²) in [6.07, 6.45) is 3.18. The molecule has 1 aromatic carbocycles. The van der Waals surface area contributed by atoms with E-state index < -0.39 is 16.1 Å². The fourth-order valence-corrected chi connectivity index (χ4v) is 3.80. The van der Waals surface area contributed by atoms with Crippen molar-refractivity contribution in [2.24, 2.45) is 5.73 Å². The highest BCUT2D eigenvalue weighted by molar-refractivity contribution is 7.92. The molecule has 1 fully saturated rings. The lowest BCUT2D eigenvalue weighted by Gasteiger charge is -2.13. The number of H-pyrrole nitrogens is 1. The van der Waals surface area contributed by atoms with Gasteiger partial charge in [-0.15, -0.1) is 0 Å². The van der Waals surface area contributed by atoms with Crippen LogP contribution in [-0.2, 0) is 10.0 Å². The topological polar surface area (TPSA) is 137 Å². The van der Waals surface area contributed by atoms with E-state index >= 15 is 0 Å². The molecule has 2 heterocycles. The first-order valence-corrected chi connectivity index (χ1v) is 9.50. The lowest BCUT2D eigenvalue weighted by molar-refractivity contribution is 0.0787. The molecule has 0 spiro atoms. The van der Waals surface area contributed by atoms with Crippen LogP contribution in [0, 0.1) is 0 Å². The van der Waals surface area contributed by atoms with Gasteiger partial charge in [-0.1, -0.05) is 6.07 Å². The van der Waals surface area contributed by atoms with Gasteiger partial charge >= 0.3 is 6.03 Å². The smallest absolute Gasteiger partial charge is 0.316 e. The van der Waals surface area contributed by atoms with Gasteiger partial charge in [-0.05, 0) is 37.1 Å². The van der Waals surface area contributed by atoms with E-state index in [2.05, 4.69) is 15.0 Å². The molecule has 0 atom stereocenters. The number of carbonyl (C=O) groups excluding carboxylic acids is 2. The van der Waals surface area contributed by atoms with Crippen molar-refractivity contribution in [2.75, 3.05) is 23.1 Å². The highest BCUT2D eigenvalue weighted by atomic mass is 32.2. The van der Waals surface area contributed by atoms with Gasteiger partial charge in [0.1, 0.15) is 10.6 Å². The summed E-state index contributed by atoms with van der Waals surface area (Å²) in [6.45, 7) is 1.36. The molecule has 1 aliphatic rings. The predicted molar refractivity (Wildman–Crippen MR) is 96.4 cm³/mol. The first kappa shape index (κ1) is 17.8. The third-order valence-corrected chi connectivity index (χ3v) is 5.33. The number of hydrogen-bond acceptors (Lipinski definition) is 4. The monoisotopic (exact) mass is 377 g/mol. The number of anilines is 2. The Morgan fingerprint density at radius 2 is 1.81 bits per heavy atom. The van der Waals surface area contributed by atoms with Gasteiger partial charge in [0.15, 0.2) is 0 Å². The minimum Gasteiger partial charge on any atom is -0.356 e. The molecule has 3 amide bonds. The van der Waals surface area contributed by atoms with Gasteiger partial charge in [0.2, 0.25) is 0 Å². The second-order valence-corrected chi connectivity index (χ2v) is 7.61. The predicted octanol–water partition coefficient (Wildman–Crippen LogP) is 1.54. The Hall–Kier alpha value is -3.01. The summed E-state index contributed by atoms with van der Waals surface area (Å²) in [5.74, 6) is -0.211. The summed E-state index contributed by atoms with van der Waals surface area (Å²) >= 11 is 0. The van der Waals surface area contributed by atoms with Crippen LogP contribution in [0.1, 0.15) is 23.3 Å². The Balaban J connectivity index is 1.76. The number of benzene rings is 1. The van der Waals surface area contributed by atoms with Crippen molar-refractivity contribution in [1.29, 1.82) is 0 Å². The van der Waals surface area contributed by atoms with E-state index in [0.29, 0.717) is 18.8 Å². The zero-order valence-electron chi connectivity index (χ0n) is 13.9. The highest BCUT2D eigenvalue weighted by Gasteiger charge is 2.23. The number of amides is 3. The quantitative estimate of drug-likeness (QED) is 0.628. The molecule has 0 bridgehead atoms. The maximum absolute atomic E-state index is 12.5. The van der Waals surface area contributed by atoms with Crippen molar-refractivity contribution in [2.45, 2.75) is 17.7 Å². The molecule has 0 aliphatic carbocycles.